The van der Waals surface area contributed by atoms with Crippen molar-refractivity contribution in [3.63, 3.8) is 0 Å². The van der Waals surface area contributed by atoms with Crippen LogP contribution in [0.25, 0.3) is 0 Å². The van der Waals surface area contributed by atoms with E-state index in [1.807, 2.05) is 112 Å². The molecular weight excluding hydrogens is 1400 g/mol. The Labute approximate surface area is 624 Å². The average molecular weight is 1510 g/mol. The molecule has 22 heteroatoms. The van der Waals surface area contributed by atoms with Gasteiger partial charge in [-0.2, -0.15) is 19.2 Å². The molecule has 0 fully saturated rings. The quantitative estimate of drug-likeness (QED) is 0.00619. The minimum absolute atomic E-state index is 0.00107. The predicted molar refractivity (Wildman–Crippen MR) is 409 cm³/mol. The van der Waals surface area contributed by atoms with Crippen LogP contribution in [0.4, 0.5) is 0 Å². The van der Waals surface area contributed by atoms with Crippen molar-refractivity contribution in [2.75, 3.05) is 26.4 Å². The molecule has 0 radical (unpaired) electrons. The summed E-state index contributed by atoms with van der Waals surface area (Å²) >= 11 is -2.93. The summed E-state index contributed by atoms with van der Waals surface area (Å²) in [6, 6.07) is 36.4. The van der Waals surface area contributed by atoms with Gasteiger partial charge in [-0.25, -0.2) is 69.6 Å². The normalized spacial score (nSPS) is 12.1. The monoisotopic (exact) mass is 1510 g/mol. The zero-order valence-corrected chi connectivity index (χ0v) is 67.0. The number of halogens is 5. The van der Waals surface area contributed by atoms with E-state index < -0.39 is 23.7 Å². The highest BCUT2D eigenvalue weighted by molar-refractivity contribution is 7.54. The highest BCUT2D eigenvalue weighted by Crippen LogP contribution is 2.30. The van der Waals surface area contributed by atoms with Crippen molar-refractivity contribution in [3.05, 3.63) is 170 Å². The molecule has 0 heterocycles. The third-order valence-corrected chi connectivity index (χ3v) is 17.4. The minimum atomic E-state index is -1.72. The maximum Gasteiger partial charge on any atom is 0.643 e. The second kappa shape index (κ2) is 76.1. The SMILES string of the molecule is C=CC.C=CC(=O)OCCCC.C=CC(=O)OCCCc1ccccc1.CCCCC(CC)CC(C)CC(C)C(CCOc1ccc(C(=O)c2ccccc2)cc1)OO.CCCCC(CC)CC(C)CC(C)C(CCOc1ccccc1)OO.C[CH2][Al]([Cl])[Cl].O=C=O.O=C=O.[Cl][Al]([Cl])[Cl]. The van der Waals surface area contributed by atoms with Gasteiger partial charge in [0.2, 0.25) is 0 Å². The summed E-state index contributed by atoms with van der Waals surface area (Å²) in [5.41, 5.74) is 2.58. The van der Waals surface area contributed by atoms with E-state index in [0.717, 1.165) is 61.4 Å². The molecule has 0 spiro atoms. The zero-order valence-electron chi connectivity index (χ0n) is 61.0. The number of hydrogen-bond acceptors (Lipinski definition) is 15. The van der Waals surface area contributed by atoms with Crippen molar-refractivity contribution in [1.29, 1.82) is 0 Å². The summed E-state index contributed by atoms with van der Waals surface area (Å²) in [6.07, 6.45) is 24.2. The molecule has 0 saturated heterocycles. The lowest BCUT2D eigenvalue weighted by Gasteiger charge is -2.26. The molecule has 8 unspecified atom stereocenters. The number of hydrogen-bond donors (Lipinski definition) is 2. The fourth-order valence-electron chi connectivity index (χ4n) is 9.84. The van der Waals surface area contributed by atoms with E-state index in [2.05, 4.69) is 92.0 Å². The fraction of sp³-hybridized carbons (Fsp3) is 0.545. The van der Waals surface area contributed by atoms with Gasteiger partial charge < -0.3 is 18.9 Å². The zero-order chi connectivity index (χ0) is 75.9. The Kier molecular flexibility index (Phi) is 79.2. The summed E-state index contributed by atoms with van der Waals surface area (Å²) in [7, 11) is 25.6. The van der Waals surface area contributed by atoms with Gasteiger partial charge >= 0.3 is 47.9 Å². The third kappa shape index (κ3) is 67.7. The Hall–Kier alpha value is -4.58. The third-order valence-electron chi connectivity index (χ3n) is 15.0. The van der Waals surface area contributed by atoms with Crippen molar-refractivity contribution in [1.82, 2.24) is 0 Å². The van der Waals surface area contributed by atoms with Gasteiger partial charge in [0.25, 0.3) is 0 Å². The number of carbonyl (C=O) groups is 3. The molecule has 4 aromatic carbocycles. The molecule has 0 aromatic heterocycles. The van der Waals surface area contributed by atoms with Crippen molar-refractivity contribution in [2.45, 2.75) is 209 Å². The van der Waals surface area contributed by atoms with Gasteiger partial charge in [0.15, 0.2) is 5.78 Å². The van der Waals surface area contributed by atoms with Crippen molar-refractivity contribution >= 4 is 104 Å². The van der Waals surface area contributed by atoms with E-state index in [1.165, 1.54) is 81.9 Å². The summed E-state index contributed by atoms with van der Waals surface area (Å²) in [6.45, 7) is 35.9. The van der Waals surface area contributed by atoms with E-state index in [0.29, 0.717) is 73.9 Å². The number of unbranched alkanes of at least 4 members (excludes halogenated alkanes) is 3. The maximum atomic E-state index is 12.5. The first-order chi connectivity index (χ1) is 47.5. The molecule has 8 atom stereocenters. The summed E-state index contributed by atoms with van der Waals surface area (Å²) in [5.74, 6) is 4.35. The lowest BCUT2D eigenvalue weighted by molar-refractivity contribution is -0.292. The minimum Gasteiger partial charge on any atom is -0.493 e. The predicted octanol–water partition coefficient (Wildman–Crippen LogP) is 21.9. The Morgan fingerprint density at radius 3 is 1.16 bits per heavy atom. The van der Waals surface area contributed by atoms with Crippen LogP contribution in [0.15, 0.2) is 153 Å². The van der Waals surface area contributed by atoms with Crippen LogP contribution >= 0.6 is 50.2 Å². The highest BCUT2D eigenvalue weighted by Gasteiger charge is 2.24. The smallest absolute Gasteiger partial charge is 0.493 e. The number of rotatable bonds is 40. The molecule has 4 rings (SSSR count). The molecule has 15 nitrogen and oxygen atoms in total. The van der Waals surface area contributed by atoms with Crippen molar-refractivity contribution in [3.8, 4) is 11.5 Å². The van der Waals surface area contributed by atoms with Gasteiger partial charge in [-0.05, 0) is 129 Å². The van der Waals surface area contributed by atoms with Crippen molar-refractivity contribution < 1.29 is 72.8 Å². The Morgan fingerprint density at radius 2 is 0.828 bits per heavy atom. The van der Waals surface area contributed by atoms with Gasteiger partial charge in [-0.1, -0.05) is 230 Å². The van der Waals surface area contributed by atoms with Crippen LogP contribution in [0.3, 0.4) is 0 Å². The first-order valence-electron chi connectivity index (χ1n) is 34.5. The Morgan fingerprint density at radius 1 is 0.495 bits per heavy atom. The van der Waals surface area contributed by atoms with E-state index in [-0.39, 0.29) is 48.2 Å². The maximum absolute atomic E-state index is 12.5. The van der Waals surface area contributed by atoms with Crippen LogP contribution in [-0.4, -0.2) is 103 Å². The second-order valence-electron chi connectivity index (χ2n) is 23.3. The lowest BCUT2D eigenvalue weighted by Crippen LogP contribution is -2.25. The van der Waals surface area contributed by atoms with Gasteiger partial charge in [0, 0.05) is 36.1 Å². The Balaban J connectivity index is -0.000000390. The Bertz CT molecular complexity index is 2550. The number of aryl methyl sites for hydroxylation is 1. The van der Waals surface area contributed by atoms with Crippen LogP contribution in [0.1, 0.15) is 207 Å². The number of esters is 2. The van der Waals surface area contributed by atoms with E-state index >= 15 is 0 Å². The van der Waals surface area contributed by atoms with Crippen LogP contribution in [0.5, 0.6) is 11.5 Å². The molecule has 0 aliphatic rings. The number of benzene rings is 4. The van der Waals surface area contributed by atoms with Crippen LogP contribution < -0.4 is 9.47 Å². The molecule has 0 aliphatic heterocycles. The first kappa shape index (κ1) is 103. The van der Waals surface area contributed by atoms with Gasteiger partial charge in [0.05, 0.1) is 38.6 Å². The molecule has 0 saturated carbocycles. The number of allylic oxidation sites excluding steroid dienone is 1. The summed E-state index contributed by atoms with van der Waals surface area (Å²) < 4.78 is 21.1. The van der Waals surface area contributed by atoms with Gasteiger partial charge in [0.1, 0.15) is 11.5 Å². The van der Waals surface area contributed by atoms with Gasteiger partial charge in [-0.15, -0.1) is 6.58 Å². The number of para-hydroxylation sites is 1. The van der Waals surface area contributed by atoms with Crippen LogP contribution in [0.2, 0.25) is 5.28 Å². The molecule has 556 valence electrons. The molecule has 0 aliphatic carbocycles. The lowest BCUT2D eigenvalue weighted by atomic mass is 9.83. The van der Waals surface area contributed by atoms with Crippen LogP contribution in [-0.2, 0) is 54.4 Å². The number of ketones is 1. The van der Waals surface area contributed by atoms with E-state index in [4.69, 9.17) is 93.4 Å². The summed E-state index contributed by atoms with van der Waals surface area (Å²) in [4.78, 5) is 75.6. The fourth-order valence-corrected chi connectivity index (χ4v) is 9.84. The molecule has 4 aromatic rings. The highest BCUT2D eigenvalue weighted by atomic mass is 35.8. The molecular formula is C77H117Al2Cl5O15. The topological polar surface area (TPSA) is 215 Å². The average Bonchev–Trinajstić information content (AvgIpc) is 0.884. The molecule has 0 amide bonds. The molecule has 2 N–H and O–H groups in total. The van der Waals surface area contributed by atoms with E-state index in [1.54, 1.807) is 18.2 Å². The number of ether oxygens (including phenoxy) is 4. The van der Waals surface area contributed by atoms with E-state index in [9.17, 15) is 24.9 Å². The van der Waals surface area contributed by atoms with Gasteiger partial charge in [-0.3, -0.25) is 15.3 Å². The first-order valence-corrected chi connectivity index (χ1v) is 44.0. The number of carbonyl (C=O) groups excluding carboxylic acids is 7. The standard InChI is InChI=1S/C29H42O4.C22H38O3.C12H14O2.C7H12O2.C3H6.C2H5.2CO2.2Al.5ClH/c1-5-7-11-24(6-2)21-22(3)20-23(4)28(33-31)18-19-32-27-16-14-26(15-17-27)29(30)25-12-9-8-10-13-25;1-5-7-11-20(6-2)17-18(3)16-19(4)22(25-23)14-15-24-21-12-9-8-10-13-21;1-2-12(13)14-10-6-9-11-7-4-3-5-8-11;1-3-5-6-9-7(8)4-2;1-3-2;1-2;2*2-1-3;;;;;;;/h8-10,12-17,22-24,28,31H,5-7,11,18-21H2,1-4H3;8-10,12-13,18-20,22-23H,5-7,11,14-17H2,1-4H3;2-5,7-8H,1,6,9-10H2;4H,2-3,5-6H2,1H3;3H,1H2,2H3;1H2,2H3;;;;;5*1H/q;;;;;;;;+2;+3;;;;;/p-5. The second-order valence-corrected chi connectivity index (χ2v) is 35.2. The largest absolute Gasteiger partial charge is 0.643 e. The molecule has 99 heavy (non-hydrogen) atoms. The van der Waals surface area contributed by atoms with Crippen molar-refractivity contribution in [2.24, 2.45) is 35.5 Å². The summed E-state index contributed by atoms with van der Waals surface area (Å²) in [5, 5.41) is 19.7. The van der Waals surface area contributed by atoms with Crippen LogP contribution in [0, 0.1) is 35.5 Å². The molecule has 0 bridgehead atoms.